The van der Waals surface area contributed by atoms with Crippen LogP contribution in [0, 0.1) is 0 Å². The molecule has 2 aromatic carbocycles. The number of fused-ring (bicyclic) bond motifs is 3. The lowest BCUT2D eigenvalue weighted by molar-refractivity contribution is 0.0208. The number of amides is 2. The fourth-order valence-electron chi connectivity index (χ4n) is 7.43. The fraction of sp³-hybridized carbons (Fsp3) is 0.487. The number of aromatic nitrogens is 4. The number of hydrogen-bond acceptors (Lipinski definition) is 7. The van der Waals surface area contributed by atoms with Crippen molar-refractivity contribution in [2.24, 2.45) is 0 Å². The van der Waals surface area contributed by atoms with Crippen LogP contribution in [0.4, 0.5) is 9.59 Å². The van der Waals surface area contributed by atoms with Crippen LogP contribution >= 0.6 is 0 Å². The highest BCUT2D eigenvalue weighted by Gasteiger charge is 2.36. The first-order valence-electron chi connectivity index (χ1n) is 17.8. The molecule has 11 heteroatoms. The van der Waals surface area contributed by atoms with Gasteiger partial charge in [-0.05, 0) is 120 Å². The number of H-pyrrole nitrogens is 2. The van der Waals surface area contributed by atoms with E-state index in [1.807, 2.05) is 53.9 Å². The van der Waals surface area contributed by atoms with Crippen LogP contribution in [0.3, 0.4) is 0 Å². The first-order chi connectivity index (χ1) is 23.7. The third-order valence-electron chi connectivity index (χ3n) is 9.59. The monoisotopic (exact) mass is 679 g/mol. The van der Waals surface area contributed by atoms with Crippen molar-refractivity contribution in [3.05, 3.63) is 71.6 Å². The van der Waals surface area contributed by atoms with E-state index >= 15 is 0 Å². The summed E-state index contributed by atoms with van der Waals surface area (Å²) in [7, 11) is 2.15. The summed E-state index contributed by atoms with van der Waals surface area (Å²) in [4.78, 5) is 48.3. The third-order valence-corrected chi connectivity index (χ3v) is 9.59. The van der Waals surface area contributed by atoms with E-state index in [-0.39, 0.29) is 24.3 Å². The van der Waals surface area contributed by atoms with E-state index in [2.05, 4.69) is 58.3 Å². The van der Waals surface area contributed by atoms with Crippen molar-refractivity contribution < 1.29 is 19.1 Å². The van der Waals surface area contributed by atoms with Gasteiger partial charge >= 0.3 is 12.2 Å². The molecule has 0 spiro atoms. The fourth-order valence-corrected chi connectivity index (χ4v) is 7.43. The average molecular weight is 680 g/mol. The molecule has 11 nitrogen and oxygen atoms in total. The van der Waals surface area contributed by atoms with Gasteiger partial charge in [-0.15, -0.1) is 0 Å². The van der Waals surface area contributed by atoms with E-state index in [1.54, 1.807) is 9.80 Å². The Balaban J connectivity index is 1.11. The van der Waals surface area contributed by atoms with E-state index in [1.165, 1.54) is 22.3 Å². The van der Waals surface area contributed by atoms with Gasteiger partial charge in [0.1, 0.15) is 22.9 Å². The molecule has 2 amide bonds. The Kier molecular flexibility index (Phi) is 8.74. The third kappa shape index (κ3) is 7.01. The normalized spacial score (nSPS) is 19.7. The standard InChI is InChI=1S/C39H49N7O4/c1-38(2,3)49-36(47)45-16-8-10-32(45)34-40-20-30(42-34)24-12-14-28-26(18-24)22-44(7)23-27-19-25(13-15-29(27)28)31-21-41-35(43-31)33-11-9-17-46(33)37(48)50-39(4,5)6/h12-15,18-21,32-33H,8-11,16-17,22-23H2,1-7H3,(H,40,42)(H,41,43)/t32-,33+. The summed E-state index contributed by atoms with van der Waals surface area (Å²) in [5, 5.41) is 0. The summed E-state index contributed by atoms with van der Waals surface area (Å²) >= 11 is 0. The number of ether oxygens (including phenoxy) is 2. The quantitative estimate of drug-likeness (QED) is 0.223. The smallest absolute Gasteiger partial charge is 0.410 e. The van der Waals surface area contributed by atoms with E-state index in [4.69, 9.17) is 19.4 Å². The molecule has 2 atom stereocenters. The highest BCUT2D eigenvalue weighted by Crippen LogP contribution is 2.39. The molecule has 0 bridgehead atoms. The van der Waals surface area contributed by atoms with Gasteiger partial charge in [-0.25, -0.2) is 19.6 Å². The maximum atomic E-state index is 12.9. The maximum absolute atomic E-state index is 12.9. The molecular weight excluding hydrogens is 630 g/mol. The minimum Gasteiger partial charge on any atom is -0.444 e. The van der Waals surface area contributed by atoms with Crippen LogP contribution in [0.25, 0.3) is 33.6 Å². The van der Waals surface area contributed by atoms with Crippen molar-refractivity contribution in [3.8, 4) is 33.6 Å². The molecule has 0 radical (unpaired) electrons. The van der Waals surface area contributed by atoms with Crippen LogP contribution in [-0.4, -0.2) is 78.2 Å². The number of nitrogens with zero attached hydrogens (tertiary/aromatic N) is 5. The Morgan fingerprint density at radius 1 is 0.700 bits per heavy atom. The van der Waals surface area contributed by atoms with Gasteiger partial charge in [0.2, 0.25) is 0 Å². The molecule has 0 saturated carbocycles. The van der Waals surface area contributed by atoms with E-state index in [0.29, 0.717) is 13.1 Å². The second-order valence-corrected chi connectivity index (χ2v) is 15.9. The lowest BCUT2D eigenvalue weighted by Crippen LogP contribution is -2.36. The molecular formula is C39H49N7O4. The van der Waals surface area contributed by atoms with Gasteiger partial charge in [-0.2, -0.15) is 0 Å². The van der Waals surface area contributed by atoms with Gasteiger partial charge in [-0.3, -0.25) is 14.7 Å². The second-order valence-electron chi connectivity index (χ2n) is 15.9. The van der Waals surface area contributed by atoms with Crippen LogP contribution in [0.15, 0.2) is 48.8 Å². The van der Waals surface area contributed by atoms with Crippen LogP contribution < -0.4 is 0 Å². The number of imidazole rings is 2. The summed E-state index contributed by atoms with van der Waals surface area (Å²) in [6, 6.07) is 13.0. The molecule has 4 aromatic rings. The highest BCUT2D eigenvalue weighted by molar-refractivity contribution is 5.78. The molecule has 2 fully saturated rings. The van der Waals surface area contributed by atoms with Crippen LogP contribution in [0.2, 0.25) is 0 Å². The van der Waals surface area contributed by atoms with Crippen LogP contribution in [0.5, 0.6) is 0 Å². The number of benzene rings is 2. The van der Waals surface area contributed by atoms with Gasteiger partial charge in [0, 0.05) is 26.2 Å². The van der Waals surface area contributed by atoms with Crippen LogP contribution in [0.1, 0.15) is 102 Å². The topological polar surface area (TPSA) is 120 Å². The maximum Gasteiger partial charge on any atom is 0.410 e. The number of aromatic amines is 2. The molecule has 2 aromatic heterocycles. The molecule has 0 aliphatic carbocycles. The van der Waals surface area contributed by atoms with Gasteiger partial charge < -0.3 is 19.4 Å². The average Bonchev–Trinajstić information content (AvgIpc) is 3.85. The lowest BCUT2D eigenvalue weighted by Gasteiger charge is -2.27. The first-order valence-corrected chi connectivity index (χ1v) is 17.8. The lowest BCUT2D eigenvalue weighted by atomic mass is 9.93. The number of nitrogens with one attached hydrogen (secondary N) is 2. The number of hydrogen-bond donors (Lipinski definition) is 2. The summed E-state index contributed by atoms with van der Waals surface area (Å²) in [5.41, 5.74) is 7.84. The zero-order valence-electron chi connectivity index (χ0n) is 30.3. The SMILES string of the molecule is CN1Cc2cc(-c3cnc([C@H]4CCCN4C(=O)OC(C)(C)C)[nH]3)ccc2-c2ccc(-c3cnc([C@@H]4CCCN4C(=O)OC(C)(C)C)[nH]3)cc2C1. The number of rotatable bonds is 4. The van der Waals surface area contributed by atoms with Gasteiger partial charge in [0.15, 0.2) is 0 Å². The largest absolute Gasteiger partial charge is 0.444 e. The molecule has 2 N–H and O–H groups in total. The highest BCUT2D eigenvalue weighted by atomic mass is 16.6. The van der Waals surface area contributed by atoms with E-state index < -0.39 is 11.2 Å². The predicted molar refractivity (Wildman–Crippen MR) is 192 cm³/mol. The minimum atomic E-state index is -0.543. The van der Waals surface area contributed by atoms with E-state index in [0.717, 1.165) is 72.9 Å². The summed E-state index contributed by atoms with van der Waals surface area (Å²) < 4.78 is 11.4. The van der Waals surface area contributed by atoms with Crippen molar-refractivity contribution in [2.45, 2.75) is 104 Å². The zero-order chi connectivity index (χ0) is 35.4. The molecule has 7 rings (SSSR count). The Labute approximate surface area is 294 Å². The van der Waals surface area contributed by atoms with Crippen molar-refractivity contribution >= 4 is 12.2 Å². The summed E-state index contributed by atoms with van der Waals surface area (Å²) in [5.74, 6) is 1.58. The molecule has 0 unspecified atom stereocenters. The Morgan fingerprint density at radius 3 is 1.52 bits per heavy atom. The first kappa shape index (κ1) is 33.8. The van der Waals surface area contributed by atoms with Crippen molar-refractivity contribution in [1.29, 1.82) is 0 Å². The van der Waals surface area contributed by atoms with Crippen LogP contribution in [-0.2, 0) is 22.6 Å². The van der Waals surface area contributed by atoms with Gasteiger partial charge in [-0.1, -0.05) is 24.3 Å². The Morgan fingerprint density at radius 2 is 1.12 bits per heavy atom. The number of likely N-dealkylation sites (tertiary alicyclic amines) is 2. The molecule has 3 aliphatic heterocycles. The van der Waals surface area contributed by atoms with Gasteiger partial charge in [0.25, 0.3) is 0 Å². The number of carbonyl (C=O) groups is 2. The Bertz CT molecular complexity index is 1760. The second kappa shape index (κ2) is 12.9. The van der Waals surface area contributed by atoms with Crippen molar-refractivity contribution in [1.82, 2.24) is 34.6 Å². The van der Waals surface area contributed by atoms with Crippen molar-refractivity contribution in [3.63, 3.8) is 0 Å². The molecule has 264 valence electrons. The molecule has 5 heterocycles. The summed E-state index contributed by atoms with van der Waals surface area (Å²) in [6.45, 7) is 14.3. The molecule has 50 heavy (non-hydrogen) atoms. The van der Waals surface area contributed by atoms with E-state index in [9.17, 15) is 9.59 Å². The van der Waals surface area contributed by atoms with Gasteiger partial charge in [0.05, 0.1) is 35.9 Å². The zero-order valence-corrected chi connectivity index (χ0v) is 30.3. The Hall–Kier alpha value is -4.64. The number of carbonyl (C=O) groups excluding carboxylic acids is 2. The predicted octanol–water partition coefficient (Wildman–Crippen LogP) is 8.22. The van der Waals surface area contributed by atoms with Crippen molar-refractivity contribution in [2.75, 3.05) is 20.1 Å². The minimum absolute atomic E-state index is 0.125. The molecule has 2 saturated heterocycles. The molecule has 3 aliphatic rings. The summed E-state index contributed by atoms with van der Waals surface area (Å²) in [6.07, 6.45) is 6.71.